The van der Waals surface area contributed by atoms with Crippen LogP contribution < -0.4 is 10.6 Å². The molecular weight excluding hydrogens is 86.9 g/mol. The molecule has 0 amide bonds. The van der Waals surface area contributed by atoms with Crippen molar-refractivity contribution in [3.63, 3.8) is 0 Å². The fourth-order valence-electron chi connectivity index (χ4n) is 0.676. The van der Waals surface area contributed by atoms with Gasteiger partial charge in [0.15, 0.2) is 0 Å². The molecule has 7 heavy (non-hydrogen) atoms. The third-order valence-corrected chi connectivity index (χ3v) is 1.07. The average molecular weight is 95.9 g/mol. The molecule has 2 nitrogen and oxygen atoms in total. The van der Waals surface area contributed by atoms with E-state index in [-0.39, 0.29) is 5.94 Å². The molecule has 1 unspecified atom stereocenters. The van der Waals surface area contributed by atoms with Crippen molar-refractivity contribution in [2.75, 3.05) is 19.6 Å². The van der Waals surface area contributed by atoms with Gasteiger partial charge in [-0.25, -0.2) is 0 Å². The fourth-order valence-corrected chi connectivity index (χ4v) is 0.676. The highest BCUT2D eigenvalue weighted by molar-refractivity contribution is 6.11. The second-order valence-corrected chi connectivity index (χ2v) is 1.76. The Hall–Kier alpha value is -0.0151. The Morgan fingerprint density at radius 2 is 2.29 bits per heavy atom. The van der Waals surface area contributed by atoms with E-state index in [1.165, 1.54) is 0 Å². The van der Waals surface area contributed by atoms with Crippen LogP contribution in [-0.4, -0.2) is 33.4 Å². The van der Waals surface area contributed by atoms with Gasteiger partial charge in [0.25, 0.3) is 0 Å². The SMILES string of the molecule is [B]C1CNCCN1. The molecule has 2 N–H and O–H groups in total. The molecule has 2 radical (unpaired) electrons. The van der Waals surface area contributed by atoms with Crippen LogP contribution in [0.15, 0.2) is 0 Å². The molecule has 1 aliphatic heterocycles. The first-order valence-corrected chi connectivity index (χ1v) is 2.59. The largest absolute Gasteiger partial charge is 0.320 e. The van der Waals surface area contributed by atoms with E-state index < -0.39 is 0 Å². The van der Waals surface area contributed by atoms with Crippen molar-refractivity contribution in [2.24, 2.45) is 0 Å². The molecule has 0 saturated carbocycles. The summed E-state index contributed by atoms with van der Waals surface area (Å²) in [5.41, 5.74) is 0. The highest BCUT2D eigenvalue weighted by Gasteiger charge is 2.02. The minimum absolute atomic E-state index is 0.175. The molecule has 0 spiro atoms. The highest BCUT2D eigenvalue weighted by atomic mass is 15.0. The van der Waals surface area contributed by atoms with Crippen molar-refractivity contribution in [2.45, 2.75) is 5.94 Å². The quantitative estimate of drug-likeness (QED) is 0.365. The van der Waals surface area contributed by atoms with E-state index in [4.69, 9.17) is 7.85 Å². The summed E-state index contributed by atoms with van der Waals surface area (Å²) >= 11 is 0. The molecule has 0 aliphatic carbocycles. The Morgan fingerprint density at radius 3 is 2.57 bits per heavy atom. The van der Waals surface area contributed by atoms with Crippen molar-refractivity contribution in [3.8, 4) is 0 Å². The first-order chi connectivity index (χ1) is 3.39. The van der Waals surface area contributed by atoms with E-state index in [0.717, 1.165) is 19.6 Å². The molecule has 1 saturated heterocycles. The van der Waals surface area contributed by atoms with E-state index in [9.17, 15) is 0 Å². The number of nitrogens with one attached hydrogen (secondary N) is 2. The van der Waals surface area contributed by atoms with Gasteiger partial charge in [0.2, 0.25) is 0 Å². The maximum absolute atomic E-state index is 5.46. The van der Waals surface area contributed by atoms with E-state index >= 15 is 0 Å². The normalized spacial score (nSPS) is 32.9. The fraction of sp³-hybridized carbons (Fsp3) is 1.00. The Morgan fingerprint density at radius 1 is 1.43 bits per heavy atom. The molecule has 38 valence electrons. The Balaban J connectivity index is 2.12. The van der Waals surface area contributed by atoms with Crippen molar-refractivity contribution in [3.05, 3.63) is 0 Å². The van der Waals surface area contributed by atoms with Gasteiger partial charge in [0, 0.05) is 19.6 Å². The van der Waals surface area contributed by atoms with Crippen LogP contribution >= 0.6 is 0 Å². The Bertz CT molecular complexity index is 51.7. The van der Waals surface area contributed by atoms with Gasteiger partial charge < -0.3 is 10.6 Å². The summed E-state index contributed by atoms with van der Waals surface area (Å²) in [6.45, 7) is 2.95. The molecular formula is C4H9BN2. The van der Waals surface area contributed by atoms with Crippen LogP contribution in [0.5, 0.6) is 0 Å². The second-order valence-electron chi connectivity index (χ2n) is 1.76. The lowest BCUT2D eigenvalue weighted by Crippen LogP contribution is -2.48. The topological polar surface area (TPSA) is 24.1 Å². The van der Waals surface area contributed by atoms with Gasteiger partial charge in [-0.3, -0.25) is 0 Å². The van der Waals surface area contributed by atoms with Gasteiger partial charge in [-0.2, -0.15) is 0 Å². The predicted octanol–water partition coefficient (Wildman–Crippen LogP) is -1.33. The first kappa shape index (κ1) is 5.13. The van der Waals surface area contributed by atoms with Gasteiger partial charge in [-0.1, -0.05) is 0 Å². The molecule has 1 heterocycles. The van der Waals surface area contributed by atoms with Crippen molar-refractivity contribution in [1.29, 1.82) is 0 Å². The average Bonchev–Trinajstić information content (AvgIpc) is 1.69. The molecule has 3 heteroatoms. The van der Waals surface area contributed by atoms with E-state index in [2.05, 4.69) is 10.6 Å². The molecule has 1 rings (SSSR count). The summed E-state index contributed by atoms with van der Waals surface area (Å²) in [7, 11) is 5.46. The van der Waals surface area contributed by atoms with E-state index in [0.29, 0.717) is 0 Å². The molecule has 1 aliphatic rings. The van der Waals surface area contributed by atoms with Crippen LogP contribution in [0.1, 0.15) is 0 Å². The minimum Gasteiger partial charge on any atom is -0.320 e. The summed E-state index contributed by atoms with van der Waals surface area (Å²) in [5, 5.41) is 6.24. The van der Waals surface area contributed by atoms with Crippen LogP contribution in [0, 0.1) is 0 Å². The zero-order valence-electron chi connectivity index (χ0n) is 4.28. The highest BCUT2D eigenvalue weighted by Crippen LogP contribution is 1.76. The number of hydrogen-bond acceptors (Lipinski definition) is 2. The lowest BCUT2D eigenvalue weighted by molar-refractivity contribution is 0.501. The maximum Gasteiger partial charge on any atom is 0.0924 e. The predicted molar refractivity (Wildman–Crippen MR) is 30.4 cm³/mol. The van der Waals surface area contributed by atoms with Crippen LogP contribution in [0.3, 0.4) is 0 Å². The van der Waals surface area contributed by atoms with Crippen LogP contribution in [0.2, 0.25) is 0 Å². The van der Waals surface area contributed by atoms with Gasteiger partial charge in [-0.05, 0) is 5.94 Å². The number of rotatable bonds is 0. The summed E-state index contributed by atoms with van der Waals surface area (Å²) < 4.78 is 0. The van der Waals surface area contributed by atoms with Gasteiger partial charge in [0.05, 0.1) is 7.85 Å². The summed E-state index contributed by atoms with van der Waals surface area (Å²) in [5.74, 6) is 0.175. The molecule has 0 bridgehead atoms. The molecule has 1 atom stereocenters. The lowest BCUT2D eigenvalue weighted by atomic mass is 9.95. The summed E-state index contributed by atoms with van der Waals surface area (Å²) in [4.78, 5) is 0. The smallest absolute Gasteiger partial charge is 0.0924 e. The number of piperazine rings is 1. The monoisotopic (exact) mass is 96.1 g/mol. The summed E-state index contributed by atoms with van der Waals surface area (Å²) in [6, 6.07) is 0. The van der Waals surface area contributed by atoms with Gasteiger partial charge >= 0.3 is 0 Å². The first-order valence-electron chi connectivity index (χ1n) is 2.59. The van der Waals surface area contributed by atoms with Crippen LogP contribution in [-0.2, 0) is 0 Å². The van der Waals surface area contributed by atoms with E-state index in [1.807, 2.05) is 0 Å². The summed E-state index contributed by atoms with van der Waals surface area (Å²) in [6.07, 6.45) is 0. The van der Waals surface area contributed by atoms with Crippen molar-refractivity contribution in [1.82, 2.24) is 10.6 Å². The molecule has 1 fully saturated rings. The lowest BCUT2D eigenvalue weighted by Gasteiger charge is -2.20. The van der Waals surface area contributed by atoms with E-state index in [1.54, 1.807) is 0 Å². The standard InChI is InChI=1S/C4H9BN2/c5-4-3-6-1-2-7-4/h4,6-7H,1-3H2. The zero-order chi connectivity index (χ0) is 5.11. The third kappa shape index (κ3) is 1.49. The van der Waals surface area contributed by atoms with Crippen molar-refractivity contribution < 1.29 is 0 Å². The Labute approximate surface area is 45.1 Å². The van der Waals surface area contributed by atoms with Gasteiger partial charge in [-0.15, -0.1) is 0 Å². The molecule has 0 aromatic rings. The zero-order valence-corrected chi connectivity index (χ0v) is 4.28. The number of hydrogen-bond donors (Lipinski definition) is 2. The third-order valence-electron chi connectivity index (χ3n) is 1.07. The minimum atomic E-state index is 0.175. The van der Waals surface area contributed by atoms with Crippen LogP contribution in [0.25, 0.3) is 0 Å². The molecule has 0 aromatic carbocycles. The van der Waals surface area contributed by atoms with Crippen molar-refractivity contribution >= 4 is 7.85 Å². The van der Waals surface area contributed by atoms with Crippen LogP contribution in [0.4, 0.5) is 0 Å². The second kappa shape index (κ2) is 2.33. The molecule has 0 aromatic heterocycles. The Kier molecular flexibility index (Phi) is 1.71. The van der Waals surface area contributed by atoms with Gasteiger partial charge in [0.1, 0.15) is 0 Å². The maximum atomic E-state index is 5.46.